The Kier molecular flexibility index (Phi) is 5.10. The summed E-state index contributed by atoms with van der Waals surface area (Å²) in [7, 11) is 0. The predicted molar refractivity (Wildman–Crippen MR) is 84.6 cm³/mol. The highest BCUT2D eigenvalue weighted by Gasteiger charge is 2.22. The van der Waals surface area contributed by atoms with Gasteiger partial charge >= 0.3 is 0 Å². The lowest BCUT2D eigenvalue weighted by molar-refractivity contribution is -0.117. The number of rotatable bonds is 5. The van der Waals surface area contributed by atoms with E-state index in [1.165, 1.54) is 12.8 Å². The number of carbonyl (C=O) groups excluding carboxylic acids is 1. The van der Waals surface area contributed by atoms with E-state index in [0.29, 0.717) is 18.5 Å². The number of nitrogens with zero attached hydrogens (tertiary/aromatic N) is 3. The molecule has 0 radical (unpaired) electrons. The van der Waals surface area contributed by atoms with Crippen LogP contribution in [0.4, 0.5) is 5.82 Å². The number of aliphatic hydroxyl groups excluding tert-OH is 1. The second kappa shape index (κ2) is 7.24. The summed E-state index contributed by atoms with van der Waals surface area (Å²) in [5.41, 5.74) is 0. The van der Waals surface area contributed by atoms with Crippen molar-refractivity contribution in [2.24, 2.45) is 5.92 Å². The Morgan fingerprint density at radius 1 is 1.27 bits per heavy atom. The number of hydrogen-bond acceptors (Lipinski definition) is 4. The highest BCUT2D eigenvalue weighted by molar-refractivity contribution is 5.91. The Balaban J connectivity index is 1.51. The molecule has 122 valence electrons. The van der Waals surface area contributed by atoms with E-state index >= 15 is 0 Å². The summed E-state index contributed by atoms with van der Waals surface area (Å²) in [6.45, 7) is 2.47. The first-order valence-corrected chi connectivity index (χ1v) is 8.43. The van der Waals surface area contributed by atoms with Crippen LogP contribution in [0.1, 0.15) is 44.6 Å². The van der Waals surface area contributed by atoms with Gasteiger partial charge in [0.1, 0.15) is 5.82 Å². The Hall–Kier alpha value is -1.40. The van der Waals surface area contributed by atoms with Gasteiger partial charge in [0, 0.05) is 12.7 Å². The van der Waals surface area contributed by atoms with Gasteiger partial charge in [0.05, 0.1) is 18.8 Å². The van der Waals surface area contributed by atoms with Crippen LogP contribution in [0.15, 0.2) is 12.3 Å². The van der Waals surface area contributed by atoms with Gasteiger partial charge < -0.3 is 10.4 Å². The molecule has 0 bridgehead atoms. The first kappa shape index (κ1) is 15.5. The molecule has 0 atom stereocenters. The van der Waals surface area contributed by atoms with Crippen LogP contribution in [0.3, 0.4) is 0 Å². The molecule has 1 aliphatic carbocycles. The van der Waals surface area contributed by atoms with Crippen molar-refractivity contribution in [3.63, 3.8) is 0 Å². The zero-order valence-electron chi connectivity index (χ0n) is 13.1. The van der Waals surface area contributed by atoms with E-state index in [1.54, 1.807) is 6.20 Å². The van der Waals surface area contributed by atoms with Crippen LogP contribution in [0.2, 0.25) is 0 Å². The fraction of sp³-hybridized carbons (Fsp3) is 0.750. The minimum atomic E-state index is 0.0298. The maximum atomic E-state index is 12.3. The lowest BCUT2D eigenvalue weighted by Crippen LogP contribution is -2.40. The SMILES string of the molecule is O=C(CN1CCC(CO)CC1)Nc1ccnn1C1CCCC1. The molecule has 2 fully saturated rings. The van der Waals surface area contributed by atoms with Gasteiger partial charge in [-0.05, 0) is 44.7 Å². The fourth-order valence-corrected chi connectivity index (χ4v) is 3.57. The molecule has 22 heavy (non-hydrogen) atoms. The van der Waals surface area contributed by atoms with Crippen LogP contribution in [0, 0.1) is 5.92 Å². The summed E-state index contributed by atoms with van der Waals surface area (Å²) in [5, 5.41) is 16.5. The van der Waals surface area contributed by atoms with Crippen molar-refractivity contribution in [3.8, 4) is 0 Å². The summed E-state index contributed by atoms with van der Waals surface area (Å²) in [4.78, 5) is 14.4. The van der Waals surface area contributed by atoms with Crippen LogP contribution >= 0.6 is 0 Å². The molecule has 1 aromatic heterocycles. The lowest BCUT2D eigenvalue weighted by atomic mass is 9.98. The van der Waals surface area contributed by atoms with Crippen LogP contribution in [0.5, 0.6) is 0 Å². The second-order valence-corrected chi connectivity index (χ2v) is 6.55. The number of hydrogen-bond donors (Lipinski definition) is 2. The molecule has 1 saturated heterocycles. The summed E-state index contributed by atoms with van der Waals surface area (Å²) in [5.74, 6) is 1.26. The number of anilines is 1. The molecule has 3 rings (SSSR count). The first-order chi connectivity index (χ1) is 10.8. The Morgan fingerprint density at radius 2 is 2.00 bits per heavy atom. The number of carbonyl (C=O) groups is 1. The number of aromatic nitrogens is 2. The fourth-order valence-electron chi connectivity index (χ4n) is 3.57. The minimum absolute atomic E-state index is 0.0298. The normalized spacial score (nSPS) is 21.3. The second-order valence-electron chi connectivity index (χ2n) is 6.55. The summed E-state index contributed by atoms with van der Waals surface area (Å²) in [6, 6.07) is 2.32. The van der Waals surface area contributed by atoms with E-state index in [1.807, 2.05) is 10.7 Å². The van der Waals surface area contributed by atoms with Gasteiger partial charge in [-0.2, -0.15) is 5.10 Å². The molecule has 6 nitrogen and oxygen atoms in total. The molecule has 1 aromatic rings. The monoisotopic (exact) mass is 306 g/mol. The molecule has 1 saturated carbocycles. The Labute approximate surface area is 131 Å². The maximum absolute atomic E-state index is 12.3. The van der Waals surface area contributed by atoms with E-state index < -0.39 is 0 Å². The van der Waals surface area contributed by atoms with Crippen molar-refractivity contribution >= 4 is 11.7 Å². The van der Waals surface area contributed by atoms with Crippen molar-refractivity contribution in [1.29, 1.82) is 0 Å². The first-order valence-electron chi connectivity index (χ1n) is 8.43. The Bertz CT molecular complexity index is 488. The molecule has 1 amide bonds. The largest absolute Gasteiger partial charge is 0.396 e. The average molecular weight is 306 g/mol. The third kappa shape index (κ3) is 3.67. The average Bonchev–Trinajstić information content (AvgIpc) is 3.18. The predicted octanol–water partition coefficient (Wildman–Crippen LogP) is 1.64. The van der Waals surface area contributed by atoms with Crippen molar-refractivity contribution in [2.45, 2.75) is 44.6 Å². The molecule has 0 aromatic carbocycles. The van der Waals surface area contributed by atoms with Crippen molar-refractivity contribution < 1.29 is 9.90 Å². The zero-order valence-corrected chi connectivity index (χ0v) is 13.1. The van der Waals surface area contributed by atoms with Crippen LogP contribution in [-0.2, 0) is 4.79 Å². The quantitative estimate of drug-likeness (QED) is 0.867. The number of nitrogens with one attached hydrogen (secondary N) is 1. The standard InChI is InChI=1S/C16H26N4O2/c21-12-13-6-9-19(10-7-13)11-16(22)18-15-5-8-17-20(15)14-3-1-2-4-14/h5,8,13-14,21H,1-4,6-7,9-12H2,(H,18,22). The topological polar surface area (TPSA) is 70.4 Å². The van der Waals surface area contributed by atoms with E-state index in [2.05, 4.69) is 15.3 Å². The molecule has 2 heterocycles. The smallest absolute Gasteiger partial charge is 0.239 e. The molecule has 2 aliphatic rings. The zero-order chi connectivity index (χ0) is 15.4. The summed E-state index contributed by atoms with van der Waals surface area (Å²) < 4.78 is 1.98. The molecule has 0 spiro atoms. The Morgan fingerprint density at radius 3 is 2.68 bits per heavy atom. The molecular formula is C16H26N4O2. The van der Waals surface area contributed by atoms with Crippen LogP contribution in [0.25, 0.3) is 0 Å². The van der Waals surface area contributed by atoms with E-state index in [0.717, 1.165) is 44.6 Å². The number of amides is 1. The molecule has 6 heteroatoms. The third-order valence-electron chi connectivity index (χ3n) is 4.94. The summed E-state index contributed by atoms with van der Waals surface area (Å²) in [6.07, 6.45) is 8.52. The van der Waals surface area contributed by atoms with E-state index in [4.69, 9.17) is 5.11 Å². The number of aliphatic hydroxyl groups is 1. The number of piperidine rings is 1. The van der Waals surface area contributed by atoms with Gasteiger partial charge in [0.15, 0.2) is 0 Å². The van der Waals surface area contributed by atoms with E-state index in [9.17, 15) is 4.79 Å². The van der Waals surface area contributed by atoms with Gasteiger partial charge in [-0.25, -0.2) is 4.68 Å². The maximum Gasteiger partial charge on any atom is 0.239 e. The van der Waals surface area contributed by atoms with Crippen LogP contribution in [-0.4, -0.2) is 51.9 Å². The van der Waals surface area contributed by atoms with Crippen LogP contribution < -0.4 is 5.32 Å². The number of likely N-dealkylation sites (tertiary alicyclic amines) is 1. The third-order valence-corrected chi connectivity index (χ3v) is 4.94. The molecular weight excluding hydrogens is 280 g/mol. The van der Waals surface area contributed by atoms with Crippen molar-refractivity contribution in [2.75, 3.05) is 31.6 Å². The highest BCUT2D eigenvalue weighted by atomic mass is 16.3. The van der Waals surface area contributed by atoms with Gasteiger partial charge in [-0.1, -0.05) is 12.8 Å². The van der Waals surface area contributed by atoms with Crippen molar-refractivity contribution in [3.05, 3.63) is 12.3 Å². The van der Waals surface area contributed by atoms with Gasteiger partial charge in [0.2, 0.25) is 5.91 Å². The lowest BCUT2D eigenvalue weighted by Gasteiger charge is -2.30. The van der Waals surface area contributed by atoms with Gasteiger partial charge in [-0.15, -0.1) is 0 Å². The molecule has 0 unspecified atom stereocenters. The molecule has 1 aliphatic heterocycles. The van der Waals surface area contributed by atoms with E-state index in [-0.39, 0.29) is 12.5 Å². The minimum Gasteiger partial charge on any atom is -0.396 e. The highest BCUT2D eigenvalue weighted by Crippen LogP contribution is 2.31. The molecule has 2 N–H and O–H groups in total. The summed E-state index contributed by atoms with van der Waals surface area (Å²) >= 11 is 0. The van der Waals surface area contributed by atoms with Gasteiger partial charge in [0.25, 0.3) is 0 Å². The van der Waals surface area contributed by atoms with Crippen molar-refractivity contribution in [1.82, 2.24) is 14.7 Å². The van der Waals surface area contributed by atoms with Gasteiger partial charge in [-0.3, -0.25) is 9.69 Å².